The number of imidazole rings is 1. The van der Waals surface area contributed by atoms with E-state index in [0.29, 0.717) is 0 Å². The maximum absolute atomic E-state index is 8.33. The van der Waals surface area contributed by atoms with Gasteiger partial charge in [-0.3, -0.25) is 5.10 Å². The van der Waals surface area contributed by atoms with E-state index in [-0.39, 0.29) is 59.1 Å². The molecule has 7 nitrogen and oxygen atoms in total. The minimum absolute atomic E-state index is 0. The summed E-state index contributed by atoms with van der Waals surface area (Å²) >= 11 is 0. The van der Waals surface area contributed by atoms with Crippen LogP contribution in [0.3, 0.4) is 0 Å². The monoisotopic (exact) mass is 416 g/mol. The molecule has 0 atom stereocenters. The fourth-order valence-electron chi connectivity index (χ4n) is 3.08. The van der Waals surface area contributed by atoms with Gasteiger partial charge in [0.2, 0.25) is 0 Å². The van der Waals surface area contributed by atoms with Crippen molar-refractivity contribution in [1.82, 2.24) is 20.2 Å². The van der Waals surface area contributed by atoms with Gasteiger partial charge >= 0.3 is 59.1 Å². The molecule has 0 saturated carbocycles. The number of carbonyl (C=O) groups is 1. The molecule has 0 aliphatic carbocycles. The number of carbonyl (C=O) groups excluding carboxylic acids is 1. The van der Waals surface area contributed by atoms with E-state index in [1.165, 1.54) is 11.1 Å². The zero-order valence-corrected chi connectivity index (χ0v) is 20.5. The summed E-state index contributed by atoms with van der Waals surface area (Å²) in [5, 5.41) is 25.2. The van der Waals surface area contributed by atoms with Gasteiger partial charge in [0.05, 0.1) is 16.6 Å². The third kappa shape index (κ3) is 5.31. The number of nitrogens with zero attached hydrogens (tertiary/aromatic N) is 2. The van der Waals surface area contributed by atoms with E-state index >= 15 is 0 Å². The zero-order valence-electron chi connectivity index (χ0n) is 16.5. The Morgan fingerprint density at radius 3 is 2.20 bits per heavy atom. The number of para-hydroxylation sites is 1. The Kier molecular flexibility index (Phi) is 8.66. The average molecular weight is 416 g/mol. The second kappa shape index (κ2) is 10.8. The van der Waals surface area contributed by atoms with E-state index in [2.05, 4.69) is 45.5 Å². The van der Waals surface area contributed by atoms with Gasteiger partial charge in [-0.1, -0.05) is 54.6 Å². The molecule has 138 valence electrons. The van der Waals surface area contributed by atoms with Crippen molar-refractivity contribution in [3.05, 3.63) is 72.8 Å². The van der Waals surface area contributed by atoms with Crippen LogP contribution >= 0.6 is 0 Å². The second-order valence-electron chi connectivity index (χ2n) is 6.05. The Bertz CT molecular complexity index is 1270. The van der Waals surface area contributed by atoms with Crippen LogP contribution in [0, 0.1) is 0 Å². The van der Waals surface area contributed by atoms with Crippen LogP contribution in [0.25, 0.3) is 44.6 Å². The van der Waals surface area contributed by atoms with Crippen LogP contribution < -0.4 is 69.3 Å². The molecule has 0 fully saturated rings. The van der Waals surface area contributed by atoms with Crippen LogP contribution in [0.5, 0.6) is 0 Å². The largest absolute Gasteiger partial charge is 1.00 e. The second-order valence-corrected chi connectivity index (χ2v) is 6.05. The van der Waals surface area contributed by atoms with Crippen LogP contribution in [0.4, 0.5) is 4.79 Å². The fourth-order valence-corrected chi connectivity index (χ4v) is 3.08. The number of hydrogen-bond donors (Lipinski definition) is 2. The molecule has 0 radical (unpaired) electrons. The Morgan fingerprint density at radius 2 is 1.47 bits per heavy atom. The van der Waals surface area contributed by atoms with Gasteiger partial charge in [-0.15, -0.1) is 0 Å². The molecule has 0 aliphatic heterocycles. The predicted molar refractivity (Wildman–Crippen MR) is 102 cm³/mol. The maximum atomic E-state index is 8.33. The average Bonchev–Trinajstić information content (AvgIpc) is 3.31. The van der Waals surface area contributed by atoms with Crippen LogP contribution in [-0.4, -0.2) is 26.3 Å². The molecule has 5 rings (SSSR count). The SMILES string of the molecule is O=C([O-])[O-].[Na+].[Na+].c1ccc(-c2ccc3nc(-c4n[nH]c5ccccc45)[nH]c3c2)cc1. The molecule has 0 spiro atoms. The summed E-state index contributed by atoms with van der Waals surface area (Å²) in [5.74, 6) is 0.785. The molecule has 0 amide bonds. The summed E-state index contributed by atoms with van der Waals surface area (Å²) in [6.45, 7) is 0. The molecular formula is C21H14N4Na2O3. The zero-order chi connectivity index (χ0) is 19.5. The van der Waals surface area contributed by atoms with Gasteiger partial charge in [-0.2, -0.15) is 5.10 Å². The Balaban J connectivity index is 0.000000494. The molecule has 2 aromatic heterocycles. The molecule has 0 unspecified atom stereocenters. The van der Waals surface area contributed by atoms with E-state index < -0.39 is 6.16 Å². The Hall–Kier alpha value is -2.13. The number of rotatable bonds is 2. The Labute approximate surface area is 216 Å². The van der Waals surface area contributed by atoms with Crippen LogP contribution in [-0.2, 0) is 0 Å². The van der Waals surface area contributed by atoms with Gasteiger partial charge in [0.15, 0.2) is 5.82 Å². The van der Waals surface area contributed by atoms with Gasteiger partial charge < -0.3 is 20.0 Å². The number of nitrogens with one attached hydrogen (secondary N) is 2. The van der Waals surface area contributed by atoms with Crippen molar-refractivity contribution in [3.8, 4) is 22.6 Å². The summed E-state index contributed by atoms with van der Waals surface area (Å²) in [4.78, 5) is 16.4. The standard InChI is InChI=1S/C20H14N4.CH2O3.2Na/c1-2-6-13(7-3-1)14-10-11-17-18(12-14)22-20(21-17)19-15-8-4-5-9-16(15)23-24-19;2-1(3)4;;/h1-12H,(H,21,22)(H,23,24);(H2,2,3,4);;/q;;2*+1/p-2. The number of aromatic nitrogens is 4. The van der Waals surface area contributed by atoms with Crippen molar-refractivity contribution in [3.63, 3.8) is 0 Å². The van der Waals surface area contributed by atoms with Crippen molar-refractivity contribution >= 4 is 28.1 Å². The smallest absolute Gasteiger partial charge is 0.652 e. The number of aromatic amines is 2. The number of hydrogen-bond acceptors (Lipinski definition) is 5. The van der Waals surface area contributed by atoms with E-state index in [9.17, 15) is 0 Å². The molecule has 2 N–H and O–H groups in total. The van der Waals surface area contributed by atoms with Crippen molar-refractivity contribution in [2.24, 2.45) is 0 Å². The minimum Gasteiger partial charge on any atom is -0.652 e. The first-order chi connectivity index (χ1) is 13.6. The van der Waals surface area contributed by atoms with Crippen molar-refractivity contribution in [2.75, 3.05) is 0 Å². The van der Waals surface area contributed by atoms with Gasteiger partial charge in [0, 0.05) is 5.39 Å². The number of H-pyrrole nitrogens is 2. The van der Waals surface area contributed by atoms with E-state index in [1.807, 2.05) is 42.5 Å². The molecule has 2 heterocycles. The van der Waals surface area contributed by atoms with Crippen molar-refractivity contribution < 1.29 is 74.1 Å². The molecule has 0 saturated heterocycles. The third-order valence-corrected chi connectivity index (χ3v) is 4.28. The first kappa shape index (κ1) is 24.1. The summed E-state index contributed by atoms with van der Waals surface area (Å²) in [5.41, 5.74) is 6.18. The van der Waals surface area contributed by atoms with Crippen LogP contribution in [0.15, 0.2) is 72.8 Å². The maximum Gasteiger partial charge on any atom is 1.00 e. The first-order valence-electron chi connectivity index (χ1n) is 8.48. The number of fused-ring (bicyclic) bond motifs is 2. The summed E-state index contributed by atoms with van der Waals surface area (Å²) in [6, 6.07) is 24.7. The molecule has 9 heteroatoms. The summed E-state index contributed by atoms with van der Waals surface area (Å²) < 4.78 is 0. The first-order valence-corrected chi connectivity index (χ1v) is 8.48. The normalized spacial score (nSPS) is 9.87. The molecule has 0 bridgehead atoms. The topological polar surface area (TPSA) is 121 Å². The predicted octanol–water partition coefficient (Wildman–Crippen LogP) is -3.67. The number of benzene rings is 3. The van der Waals surface area contributed by atoms with Crippen molar-refractivity contribution in [1.29, 1.82) is 0 Å². The summed E-state index contributed by atoms with van der Waals surface area (Å²) in [6.07, 6.45) is -2.33. The van der Waals surface area contributed by atoms with Crippen LogP contribution in [0.1, 0.15) is 0 Å². The van der Waals surface area contributed by atoms with Crippen LogP contribution in [0.2, 0.25) is 0 Å². The molecule has 3 aromatic carbocycles. The van der Waals surface area contributed by atoms with Gasteiger partial charge in [-0.05, 0) is 35.5 Å². The fraction of sp³-hybridized carbons (Fsp3) is 0. The van der Waals surface area contributed by atoms with Crippen molar-refractivity contribution in [2.45, 2.75) is 0 Å². The third-order valence-electron chi connectivity index (χ3n) is 4.28. The molecule has 30 heavy (non-hydrogen) atoms. The summed E-state index contributed by atoms with van der Waals surface area (Å²) in [7, 11) is 0. The van der Waals surface area contributed by atoms with E-state index in [0.717, 1.165) is 33.5 Å². The number of carboxylic acid groups (broad SMARTS) is 2. The Morgan fingerprint density at radius 1 is 0.800 bits per heavy atom. The minimum atomic E-state index is -2.33. The van der Waals surface area contributed by atoms with E-state index in [1.54, 1.807) is 0 Å². The molecular weight excluding hydrogens is 402 g/mol. The van der Waals surface area contributed by atoms with Gasteiger partial charge in [0.25, 0.3) is 0 Å². The molecule has 5 aromatic rings. The van der Waals surface area contributed by atoms with Gasteiger partial charge in [-0.25, -0.2) is 4.98 Å². The molecule has 0 aliphatic rings. The quantitative estimate of drug-likeness (QED) is 0.288. The van der Waals surface area contributed by atoms with E-state index in [4.69, 9.17) is 20.0 Å². The van der Waals surface area contributed by atoms with Gasteiger partial charge in [0.1, 0.15) is 5.69 Å².